The minimum atomic E-state index is 0.750. The summed E-state index contributed by atoms with van der Waals surface area (Å²) in [5.74, 6) is 0. The van der Waals surface area contributed by atoms with E-state index < -0.39 is 0 Å². The molecule has 0 N–H and O–H groups in total. The van der Waals surface area contributed by atoms with Crippen LogP contribution in [0.5, 0.6) is 0 Å². The fourth-order valence-electron chi connectivity index (χ4n) is 0. The Labute approximate surface area is 42.3 Å². The molecule has 3 heteroatoms. The molecule has 0 aromatic carbocycles. The van der Waals surface area contributed by atoms with Crippen molar-refractivity contribution in [3.05, 3.63) is 0 Å². The van der Waals surface area contributed by atoms with Gasteiger partial charge in [-0.3, -0.25) is 0 Å². The van der Waals surface area contributed by atoms with Gasteiger partial charge in [0.1, 0.15) is 6.29 Å². The summed E-state index contributed by atoms with van der Waals surface area (Å²) in [6.07, 6.45) is 0.750. The van der Waals surface area contributed by atoms with Crippen molar-refractivity contribution in [3.8, 4) is 0 Å². The quantitative estimate of drug-likeness (QED) is 0.325. The van der Waals surface area contributed by atoms with Gasteiger partial charge in [-0.2, -0.15) is 0 Å². The molecule has 0 unspecified atom stereocenters. The maximum atomic E-state index is 8.81. The number of carbonyl (C=O) groups is 1. The van der Waals surface area contributed by atoms with E-state index in [1.54, 1.807) is 0 Å². The molecule has 0 aliphatic carbocycles. The molecular formula is C2H4O2Ti. The van der Waals surface area contributed by atoms with Crippen molar-refractivity contribution in [2.75, 3.05) is 0 Å². The van der Waals surface area contributed by atoms with Crippen LogP contribution in [0, 0.1) is 0 Å². The first-order valence-corrected chi connectivity index (χ1v) is 1.65. The van der Waals surface area contributed by atoms with E-state index in [2.05, 4.69) is 0 Å². The van der Waals surface area contributed by atoms with Gasteiger partial charge in [-0.05, 0) is 6.92 Å². The molecule has 0 aromatic rings. The molecule has 0 bridgehead atoms. The molecule has 0 heterocycles. The molecule has 0 aliphatic rings. The number of hydrogen-bond acceptors (Lipinski definition) is 2. The summed E-state index contributed by atoms with van der Waals surface area (Å²) in [5.41, 5.74) is 0. The van der Waals surface area contributed by atoms with Crippen molar-refractivity contribution in [2.24, 2.45) is 0 Å². The summed E-state index contributed by atoms with van der Waals surface area (Å²) in [7, 11) is 0. The van der Waals surface area contributed by atoms with Gasteiger partial charge in [-0.25, -0.2) is 0 Å². The Morgan fingerprint density at radius 3 is 1.60 bits per heavy atom. The standard InChI is InChI=1S/C2H4O.O.Ti/c1-2-3;;/h2H,1H3;;. The average Bonchev–Trinajstić information content (AvgIpc) is 1.46. The Balaban J connectivity index is 0. The van der Waals surface area contributed by atoms with Gasteiger partial charge in [0, 0.05) is 0 Å². The van der Waals surface area contributed by atoms with Crippen LogP contribution in [0.1, 0.15) is 6.92 Å². The third-order valence-electron chi connectivity index (χ3n) is 0. The second-order valence-electron chi connectivity index (χ2n) is 0.236. The summed E-state index contributed by atoms with van der Waals surface area (Å²) in [6, 6.07) is 0. The number of rotatable bonds is 0. The molecule has 28 valence electrons. The van der Waals surface area contributed by atoms with Crippen molar-refractivity contribution >= 4 is 6.29 Å². The molecule has 0 saturated heterocycles. The zero-order chi connectivity index (χ0) is 4.71. The predicted octanol–water partition coefficient (Wildman–Crippen LogP) is 0.0839. The molecule has 0 atom stereocenters. The van der Waals surface area contributed by atoms with Crippen molar-refractivity contribution in [3.63, 3.8) is 0 Å². The zero-order valence-corrected chi connectivity index (χ0v) is 4.46. The topological polar surface area (TPSA) is 34.1 Å². The van der Waals surface area contributed by atoms with E-state index in [-0.39, 0.29) is 0 Å². The van der Waals surface area contributed by atoms with Crippen molar-refractivity contribution in [1.29, 1.82) is 0 Å². The van der Waals surface area contributed by atoms with Crippen molar-refractivity contribution < 1.29 is 28.5 Å². The van der Waals surface area contributed by atoms with E-state index in [1.807, 2.05) is 0 Å². The van der Waals surface area contributed by atoms with E-state index in [9.17, 15) is 0 Å². The predicted molar refractivity (Wildman–Crippen MR) is 12.4 cm³/mol. The van der Waals surface area contributed by atoms with Crippen LogP contribution in [-0.4, -0.2) is 6.29 Å². The summed E-state index contributed by atoms with van der Waals surface area (Å²) < 4.78 is 8.25. The molecule has 0 radical (unpaired) electrons. The van der Waals surface area contributed by atoms with Gasteiger partial charge in [-0.15, -0.1) is 0 Å². The van der Waals surface area contributed by atoms with Crippen LogP contribution in [0.15, 0.2) is 0 Å². The molecule has 0 amide bonds. The number of hydrogen-bond donors (Lipinski definition) is 0. The van der Waals surface area contributed by atoms with Crippen LogP contribution in [0.4, 0.5) is 0 Å². The third kappa shape index (κ3) is 588. The third-order valence-corrected chi connectivity index (χ3v) is 0. The van der Waals surface area contributed by atoms with Crippen molar-refractivity contribution in [2.45, 2.75) is 6.92 Å². The van der Waals surface area contributed by atoms with Gasteiger partial charge in [-0.1, -0.05) is 0 Å². The molecule has 0 aromatic heterocycles. The Kier molecular flexibility index (Phi) is 54.2. The first-order chi connectivity index (χ1) is 2.41. The molecule has 0 aliphatic heterocycles. The summed E-state index contributed by atoms with van der Waals surface area (Å²) in [4.78, 5) is 8.81. The second-order valence-corrected chi connectivity index (χ2v) is 0.236. The van der Waals surface area contributed by atoms with E-state index >= 15 is 0 Å². The molecule has 2 nitrogen and oxygen atoms in total. The first kappa shape index (κ1) is 8.95. The molecule has 0 saturated carbocycles. The summed E-state index contributed by atoms with van der Waals surface area (Å²) in [6.45, 7) is 1.44. The van der Waals surface area contributed by atoms with Gasteiger partial charge < -0.3 is 4.79 Å². The van der Waals surface area contributed by atoms with Gasteiger partial charge in [0.05, 0.1) is 0 Å². The van der Waals surface area contributed by atoms with Crippen LogP contribution < -0.4 is 0 Å². The first-order valence-electron chi connectivity index (χ1n) is 1.02. The normalized spacial score (nSPS) is 3.20. The molecule has 5 heavy (non-hydrogen) atoms. The van der Waals surface area contributed by atoms with Gasteiger partial charge in [0.15, 0.2) is 0 Å². The molecule has 0 spiro atoms. The SMILES string of the molecule is CC=O.[O]=[Ti]. The number of carbonyl (C=O) groups excluding carboxylic acids is 1. The van der Waals surface area contributed by atoms with Gasteiger partial charge in [0.25, 0.3) is 0 Å². The van der Waals surface area contributed by atoms with Crippen LogP contribution in [0.3, 0.4) is 0 Å². The minimum absolute atomic E-state index is 0.750. The maximum absolute atomic E-state index is 8.81. The summed E-state index contributed by atoms with van der Waals surface area (Å²) >= 11 is 0.750. The van der Waals surface area contributed by atoms with Gasteiger partial charge >= 0.3 is 23.7 Å². The Bertz CT molecular complexity index is 21.6. The fraction of sp³-hybridized carbons (Fsp3) is 0.500. The van der Waals surface area contributed by atoms with E-state index in [0.29, 0.717) is 0 Å². The van der Waals surface area contributed by atoms with E-state index in [0.717, 1.165) is 26.7 Å². The van der Waals surface area contributed by atoms with Crippen LogP contribution >= 0.6 is 0 Å². The number of aldehydes is 1. The van der Waals surface area contributed by atoms with Crippen LogP contribution in [0.25, 0.3) is 0 Å². The van der Waals surface area contributed by atoms with Crippen LogP contribution in [-0.2, 0) is 28.5 Å². The van der Waals surface area contributed by atoms with Gasteiger partial charge in [0.2, 0.25) is 0 Å². The van der Waals surface area contributed by atoms with E-state index in [1.165, 1.54) is 6.92 Å². The van der Waals surface area contributed by atoms with E-state index in [4.69, 9.17) is 8.12 Å². The average molecular weight is 108 g/mol. The Morgan fingerprint density at radius 2 is 1.60 bits per heavy atom. The Morgan fingerprint density at radius 1 is 1.60 bits per heavy atom. The summed E-state index contributed by atoms with van der Waals surface area (Å²) in [5, 5.41) is 0. The zero-order valence-electron chi connectivity index (χ0n) is 2.89. The van der Waals surface area contributed by atoms with Crippen molar-refractivity contribution in [1.82, 2.24) is 0 Å². The van der Waals surface area contributed by atoms with Crippen LogP contribution in [0.2, 0.25) is 0 Å². The second kappa shape index (κ2) is 30.3. The monoisotopic (exact) mass is 108 g/mol. The Hall–Kier alpha value is 0.184. The molecule has 0 rings (SSSR count). The molecular weight excluding hydrogens is 104 g/mol. The molecule has 0 fully saturated rings. The fourth-order valence-corrected chi connectivity index (χ4v) is 0.